The molecule has 0 bridgehead atoms. The van der Waals surface area contributed by atoms with E-state index in [1.807, 2.05) is 13.8 Å². The molecule has 0 aliphatic carbocycles. The molecule has 2 amide bonds. The molecule has 0 aromatic heterocycles. The van der Waals surface area contributed by atoms with Crippen molar-refractivity contribution in [3.8, 4) is 0 Å². The van der Waals surface area contributed by atoms with E-state index >= 15 is 0 Å². The van der Waals surface area contributed by atoms with Gasteiger partial charge in [0.2, 0.25) is 11.8 Å². The maximum Gasteiger partial charge on any atom is 0.326 e. The standard InChI is InChI=1S/C12H23N3O4/c1-12(2,5-6-13)4-3-10(17)15-8(11(18)19)7-9(14)16/h8H,3-7,13H2,1-2H3,(H2,14,16)(H,15,17)(H,18,19)/t8-/m0/s1. The Bertz CT molecular complexity index is 342. The van der Waals surface area contributed by atoms with Crippen LogP contribution >= 0.6 is 0 Å². The average Bonchev–Trinajstić information content (AvgIpc) is 2.25. The Balaban J connectivity index is 4.27. The van der Waals surface area contributed by atoms with Crippen molar-refractivity contribution >= 4 is 17.8 Å². The summed E-state index contributed by atoms with van der Waals surface area (Å²) in [5.74, 6) is -2.44. The molecule has 1 atom stereocenters. The largest absolute Gasteiger partial charge is 0.480 e. The van der Waals surface area contributed by atoms with E-state index in [4.69, 9.17) is 16.6 Å². The number of amides is 2. The Morgan fingerprint density at radius 2 is 1.84 bits per heavy atom. The Hall–Kier alpha value is -1.63. The predicted octanol–water partition coefficient (Wildman–Crippen LogP) is -0.414. The van der Waals surface area contributed by atoms with E-state index in [2.05, 4.69) is 5.32 Å². The lowest BCUT2D eigenvalue weighted by molar-refractivity contribution is -0.143. The third kappa shape index (κ3) is 8.15. The third-order valence-corrected chi connectivity index (χ3v) is 2.89. The van der Waals surface area contributed by atoms with Gasteiger partial charge in [-0.2, -0.15) is 0 Å². The van der Waals surface area contributed by atoms with Crippen LogP contribution in [0.1, 0.15) is 39.5 Å². The first-order valence-electron chi connectivity index (χ1n) is 6.18. The minimum atomic E-state index is -1.27. The molecule has 7 nitrogen and oxygen atoms in total. The second kappa shape index (κ2) is 7.73. The minimum Gasteiger partial charge on any atom is -0.480 e. The zero-order chi connectivity index (χ0) is 15.1. The summed E-state index contributed by atoms with van der Waals surface area (Å²) in [6.07, 6.45) is 1.16. The van der Waals surface area contributed by atoms with Gasteiger partial charge in [0, 0.05) is 6.42 Å². The molecule has 0 aromatic rings. The molecule has 0 heterocycles. The van der Waals surface area contributed by atoms with E-state index in [1.54, 1.807) is 0 Å². The van der Waals surface area contributed by atoms with Gasteiger partial charge in [0.25, 0.3) is 0 Å². The monoisotopic (exact) mass is 273 g/mol. The summed E-state index contributed by atoms with van der Waals surface area (Å²) >= 11 is 0. The molecule has 110 valence electrons. The summed E-state index contributed by atoms with van der Waals surface area (Å²) < 4.78 is 0. The van der Waals surface area contributed by atoms with E-state index in [0.29, 0.717) is 13.0 Å². The van der Waals surface area contributed by atoms with E-state index in [0.717, 1.165) is 6.42 Å². The number of carboxylic acids is 1. The van der Waals surface area contributed by atoms with Gasteiger partial charge >= 0.3 is 5.97 Å². The molecule has 19 heavy (non-hydrogen) atoms. The van der Waals surface area contributed by atoms with Crippen molar-refractivity contribution in [2.75, 3.05) is 6.54 Å². The molecule has 6 N–H and O–H groups in total. The number of primary amides is 1. The highest BCUT2D eigenvalue weighted by Gasteiger charge is 2.23. The first-order chi connectivity index (χ1) is 8.68. The smallest absolute Gasteiger partial charge is 0.326 e. The van der Waals surface area contributed by atoms with Crippen LogP contribution in [-0.4, -0.2) is 35.5 Å². The second-order valence-electron chi connectivity index (χ2n) is 5.33. The highest BCUT2D eigenvalue weighted by Crippen LogP contribution is 2.25. The number of nitrogens with one attached hydrogen (secondary N) is 1. The van der Waals surface area contributed by atoms with Crippen molar-refractivity contribution in [2.45, 2.75) is 45.6 Å². The SMILES string of the molecule is CC(C)(CCN)CCC(=O)N[C@@H](CC(N)=O)C(=O)O. The lowest BCUT2D eigenvalue weighted by Crippen LogP contribution is -2.43. The fourth-order valence-electron chi connectivity index (χ4n) is 1.64. The van der Waals surface area contributed by atoms with Crippen LogP contribution in [-0.2, 0) is 14.4 Å². The molecular weight excluding hydrogens is 250 g/mol. The highest BCUT2D eigenvalue weighted by molar-refractivity contribution is 5.88. The number of rotatable bonds is 9. The maximum atomic E-state index is 11.6. The van der Waals surface area contributed by atoms with Gasteiger partial charge in [-0.25, -0.2) is 4.79 Å². The Morgan fingerprint density at radius 3 is 2.26 bits per heavy atom. The predicted molar refractivity (Wildman–Crippen MR) is 70.1 cm³/mol. The van der Waals surface area contributed by atoms with Crippen LogP contribution in [0.3, 0.4) is 0 Å². The summed E-state index contributed by atoms with van der Waals surface area (Å²) in [7, 11) is 0. The van der Waals surface area contributed by atoms with Gasteiger partial charge in [-0.15, -0.1) is 0 Å². The third-order valence-electron chi connectivity index (χ3n) is 2.89. The van der Waals surface area contributed by atoms with E-state index in [-0.39, 0.29) is 11.8 Å². The van der Waals surface area contributed by atoms with Gasteiger partial charge in [0.05, 0.1) is 6.42 Å². The average molecular weight is 273 g/mol. The first-order valence-corrected chi connectivity index (χ1v) is 6.18. The fraction of sp³-hybridized carbons (Fsp3) is 0.750. The molecule has 7 heteroatoms. The maximum absolute atomic E-state index is 11.6. The molecule has 0 radical (unpaired) electrons. The number of hydrogen-bond donors (Lipinski definition) is 4. The van der Waals surface area contributed by atoms with Crippen LogP contribution in [0.25, 0.3) is 0 Å². The number of carboxylic acid groups (broad SMARTS) is 1. The Kier molecular flexibility index (Phi) is 7.06. The number of carbonyl (C=O) groups is 3. The molecule has 0 aromatic carbocycles. The molecule has 0 saturated carbocycles. The molecule has 0 fully saturated rings. The van der Waals surface area contributed by atoms with Gasteiger partial charge in [-0.3, -0.25) is 9.59 Å². The van der Waals surface area contributed by atoms with Crippen molar-refractivity contribution in [2.24, 2.45) is 16.9 Å². The quantitative estimate of drug-likeness (QED) is 0.452. The van der Waals surface area contributed by atoms with Crippen LogP contribution in [0.5, 0.6) is 0 Å². The van der Waals surface area contributed by atoms with Gasteiger partial charge in [0.15, 0.2) is 0 Å². The molecule has 0 rings (SSSR count). The van der Waals surface area contributed by atoms with Crippen LogP contribution < -0.4 is 16.8 Å². The molecule has 0 saturated heterocycles. The summed E-state index contributed by atoms with van der Waals surface area (Å²) in [6.45, 7) is 4.52. The normalized spacial score (nSPS) is 12.8. The highest BCUT2D eigenvalue weighted by atomic mass is 16.4. The van der Waals surface area contributed by atoms with Crippen LogP contribution in [0.2, 0.25) is 0 Å². The summed E-state index contributed by atoms with van der Waals surface area (Å²) in [4.78, 5) is 33.2. The van der Waals surface area contributed by atoms with Crippen LogP contribution in [0.4, 0.5) is 0 Å². The van der Waals surface area contributed by atoms with Crippen LogP contribution in [0.15, 0.2) is 0 Å². The zero-order valence-corrected chi connectivity index (χ0v) is 11.4. The molecule has 0 spiro atoms. The van der Waals surface area contributed by atoms with Gasteiger partial charge in [-0.1, -0.05) is 13.8 Å². The van der Waals surface area contributed by atoms with Gasteiger partial charge in [0.1, 0.15) is 6.04 Å². The summed E-state index contributed by atoms with van der Waals surface area (Å²) in [5, 5.41) is 11.1. The van der Waals surface area contributed by atoms with Crippen LogP contribution in [0, 0.1) is 5.41 Å². The molecular formula is C12H23N3O4. The van der Waals surface area contributed by atoms with E-state index in [9.17, 15) is 14.4 Å². The van der Waals surface area contributed by atoms with Crippen molar-refractivity contribution in [3.63, 3.8) is 0 Å². The first kappa shape index (κ1) is 17.4. The Labute approximate surface area is 112 Å². The Morgan fingerprint density at radius 1 is 1.26 bits per heavy atom. The molecule has 0 unspecified atom stereocenters. The number of aliphatic carboxylic acids is 1. The van der Waals surface area contributed by atoms with Crippen molar-refractivity contribution in [3.05, 3.63) is 0 Å². The lowest BCUT2D eigenvalue weighted by Gasteiger charge is -2.23. The summed E-state index contributed by atoms with van der Waals surface area (Å²) in [6, 6.07) is -1.26. The van der Waals surface area contributed by atoms with Gasteiger partial charge < -0.3 is 21.9 Å². The minimum absolute atomic E-state index is 0.0749. The number of hydrogen-bond acceptors (Lipinski definition) is 4. The van der Waals surface area contributed by atoms with E-state index in [1.165, 1.54) is 0 Å². The van der Waals surface area contributed by atoms with Gasteiger partial charge in [-0.05, 0) is 24.8 Å². The molecule has 0 aliphatic heterocycles. The van der Waals surface area contributed by atoms with Crippen molar-refractivity contribution < 1.29 is 19.5 Å². The molecule has 0 aliphatic rings. The second-order valence-corrected chi connectivity index (χ2v) is 5.33. The fourth-order valence-corrected chi connectivity index (χ4v) is 1.64. The van der Waals surface area contributed by atoms with E-state index < -0.39 is 30.2 Å². The summed E-state index contributed by atoms with van der Waals surface area (Å²) in [5.41, 5.74) is 10.3. The lowest BCUT2D eigenvalue weighted by atomic mass is 9.84. The zero-order valence-electron chi connectivity index (χ0n) is 11.4. The van der Waals surface area contributed by atoms with Crippen molar-refractivity contribution in [1.29, 1.82) is 0 Å². The number of carbonyl (C=O) groups excluding carboxylic acids is 2. The number of nitrogens with two attached hydrogens (primary N) is 2. The topological polar surface area (TPSA) is 136 Å². The van der Waals surface area contributed by atoms with Crippen molar-refractivity contribution in [1.82, 2.24) is 5.32 Å².